The third kappa shape index (κ3) is 3.89. The highest BCUT2D eigenvalue weighted by Crippen LogP contribution is 2.36. The molecule has 0 radical (unpaired) electrons. The molecule has 25 heavy (non-hydrogen) atoms. The Labute approximate surface area is 145 Å². The van der Waals surface area contributed by atoms with Gasteiger partial charge in [0, 0.05) is 12.1 Å². The number of nitrogens with zero attached hydrogens (tertiary/aromatic N) is 2. The van der Waals surface area contributed by atoms with E-state index in [9.17, 15) is 18.3 Å². The zero-order valence-electron chi connectivity index (χ0n) is 14.3. The fourth-order valence-electron chi connectivity index (χ4n) is 3.59. The molecule has 136 valence electrons. The first-order chi connectivity index (χ1) is 11.9. The van der Waals surface area contributed by atoms with Gasteiger partial charge < -0.3 is 5.11 Å². The van der Waals surface area contributed by atoms with Crippen molar-refractivity contribution < 1.29 is 18.3 Å². The molecule has 1 N–H and O–H groups in total. The van der Waals surface area contributed by atoms with E-state index in [0.29, 0.717) is 17.8 Å². The minimum Gasteiger partial charge on any atom is -0.387 e. The van der Waals surface area contributed by atoms with Crippen molar-refractivity contribution in [2.75, 3.05) is 0 Å². The fourth-order valence-corrected chi connectivity index (χ4v) is 3.59. The van der Waals surface area contributed by atoms with Crippen LogP contribution in [-0.2, 0) is 12.7 Å². The Bertz CT molecular complexity index is 700. The van der Waals surface area contributed by atoms with Gasteiger partial charge in [-0.15, -0.1) is 0 Å². The van der Waals surface area contributed by atoms with Crippen LogP contribution in [0.3, 0.4) is 0 Å². The Morgan fingerprint density at radius 3 is 2.36 bits per heavy atom. The van der Waals surface area contributed by atoms with Gasteiger partial charge >= 0.3 is 6.18 Å². The summed E-state index contributed by atoms with van der Waals surface area (Å²) in [6.07, 6.45) is 0.575. The Balaban J connectivity index is 1.87. The maximum Gasteiger partial charge on any atom is 0.416 e. The number of aliphatic hydroxyl groups is 1. The molecule has 0 saturated heterocycles. The Hall–Kier alpha value is -1.82. The summed E-state index contributed by atoms with van der Waals surface area (Å²) in [4.78, 5) is 0. The summed E-state index contributed by atoms with van der Waals surface area (Å²) in [7, 11) is 0. The minimum absolute atomic E-state index is 0.233. The van der Waals surface area contributed by atoms with Gasteiger partial charge in [0.25, 0.3) is 0 Å². The molecule has 1 aromatic carbocycles. The van der Waals surface area contributed by atoms with Crippen molar-refractivity contribution in [3.05, 3.63) is 41.6 Å². The molecule has 3 nitrogen and oxygen atoms in total. The molecular formula is C19H23F3N2O. The zero-order chi connectivity index (χ0) is 18.0. The summed E-state index contributed by atoms with van der Waals surface area (Å²) in [5.41, 5.74) is 1.30. The van der Waals surface area contributed by atoms with Crippen LogP contribution in [0.4, 0.5) is 13.2 Å². The lowest BCUT2D eigenvalue weighted by atomic mass is 9.84. The maximum absolute atomic E-state index is 12.7. The fraction of sp³-hybridized carbons (Fsp3) is 0.526. The van der Waals surface area contributed by atoms with Crippen LogP contribution in [0.15, 0.2) is 30.3 Å². The molecule has 1 saturated carbocycles. The van der Waals surface area contributed by atoms with Gasteiger partial charge in [0.05, 0.1) is 23.1 Å². The van der Waals surface area contributed by atoms with Crippen molar-refractivity contribution in [1.29, 1.82) is 0 Å². The number of hydrogen-bond acceptors (Lipinski definition) is 2. The molecule has 6 heteroatoms. The first kappa shape index (κ1) is 18.0. The minimum atomic E-state index is -4.34. The number of rotatable bonds is 4. The summed E-state index contributed by atoms with van der Waals surface area (Å²) >= 11 is 0. The molecule has 1 aliphatic carbocycles. The molecule has 0 amide bonds. The normalized spacial score (nSPS) is 17.6. The van der Waals surface area contributed by atoms with Gasteiger partial charge in [0.1, 0.15) is 0 Å². The predicted molar refractivity (Wildman–Crippen MR) is 89.9 cm³/mol. The summed E-state index contributed by atoms with van der Waals surface area (Å²) in [6, 6.07) is 6.81. The molecule has 1 fully saturated rings. The van der Waals surface area contributed by atoms with Crippen LogP contribution in [0.5, 0.6) is 0 Å². The number of benzene rings is 1. The summed E-state index contributed by atoms with van der Waals surface area (Å²) in [6.45, 7) is 2.56. The van der Waals surface area contributed by atoms with E-state index in [1.807, 2.05) is 13.0 Å². The second-order valence-corrected chi connectivity index (χ2v) is 6.69. The van der Waals surface area contributed by atoms with Gasteiger partial charge in [-0.1, -0.05) is 31.4 Å². The quantitative estimate of drug-likeness (QED) is 0.821. The first-order valence-electron chi connectivity index (χ1n) is 8.83. The van der Waals surface area contributed by atoms with E-state index in [1.165, 1.54) is 18.6 Å². The van der Waals surface area contributed by atoms with Crippen molar-refractivity contribution in [3.8, 4) is 11.3 Å². The van der Waals surface area contributed by atoms with E-state index in [1.54, 1.807) is 4.68 Å². The van der Waals surface area contributed by atoms with Crippen molar-refractivity contribution in [2.24, 2.45) is 5.92 Å². The number of hydrogen-bond donors (Lipinski definition) is 1. The SMILES string of the molecule is CCn1nc(-c2ccc(C(F)(F)F)cc2)cc1C(O)C1CCCCC1. The number of alkyl halides is 3. The van der Waals surface area contributed by atoms with Crippen LogP contribution >= 0.6 is 0 Å². The monoisotopic (exact) mass is 352 g/mol. The van der Waals surface area contributed by atoms with Crippen LogP contribution in [-0.4, -0.2) is 14.9 Å². The largest absolute Gasteiger partial charge is 0.416 e. The third-order valence-corrected chi connectivity index (χ3v) is 5.02. The lowest BCUT2D eigenvalue weighted by molar-refractivity contribution is -0.137. The molecule has 3 rings (SSSR count). The molecular weight excluding hydrogens is 329 g/mol. The van der Waals surface area contributed by atoms with E-state index in [2.05, 4.69) is 5.10 Å². The van der Waals surface area contributed by atoms with E-state index in [4.69, 9.17) is 0 Å². The van der Waals surface area contributed by atoms with Gasteiger partial charge in [-0.25, -0.2) is 0 Å². The molecule has 0 spiro atoms. The van der Waals surface area contributed by atoms with Crippen LogP contribution < -0.4 is 0 Å². The van der Waals surface area contributed by atoms with E-state index < -0.39 is 17.8 Å². The highest BCUT2D eigenvalue weighted by molar-refractivity contribution is 5.60. The summed E-state index contributed by atoms with van der Waals surface area (Å²) in [5.74, 6) is 0.233. The van der Waals surface area contributed by atoms with Gasteiger partial charge in [-0.05, 0) is 43.9 Å². The van der Waals surface area contributed by atoms with Gasteiger partial charge in [-0.2, -0.15) is 18.3 Å². The van der Waals surface area contributed by atoms with Crippen molar-refractivity contribution in [2.45, 2.75) is 57.9 Å². The number of aryl methyl sites for hydroxylation is 1. The molecule has 1 heterocycles. The second kappa shape index (κ2) is 7.20. The summed E-state index contributed by atoms with van der Waals surface area (Å²) in [5, 5.41) is 15.2. The van der Waals surface area contributed by atoms with Crippen LogP contribution in [0.2, 0.25) is 0 Å². The molecule has 1 aliphatic rings. The van der Waals surface area contributed by atoms with Crippen LogP contribution in [0, 0.1) is 5.92 Å². The number of aliphatic hydroxyl groups excluding tert-OH is 1. The first-order valence-corrected chi connectivity index (χ1v) is 8.83. The molecule has 2 aromatic rings. The maximum atomic E-state index is 12.7. The van der Waals surface area contributed by atoms with Crippen molar-refractivity contribution in [3.63, 3.8) is 0 Å². The lowest BCUT2D eigenvalue weighted by Crippen LogP contribution is -2.19. The van der Waals surface area contributed by atoms with Gasteiger partial charge in [0.15, 0.2) is 0 Å². The van der Waals surface area contributed by atoms with E-state index in [0.717, 1.165) is 43.5 Å². The molecule has 1 aromatic heterocycles. The zero-order valence-corrected chi connectivity index (χ0v) is 14.3. The summed E-state index contributed by atoms with van der Waals surface area (Å²) < 4.78 is 39.9. The molecule has 0 bridgehead atoms. The van der Waals surface area contributed by atoms with Crippen molar-refractivity contribution >= 4 is 0 Å². The Morgan fingerprint density at radius 1 is 1.16 bits per heavy atom. The third-order valence-electron chi connectivity index (χ3n) is 5.02. The molecule has 1 atom stereocenters. The average molecular weight is 352 g/mol. The Morgan fingerprint density at radius 2 is 1.80 bits per heavy atom. The standard InChI is InChI=1S/C19H23F3N2O/c1-2-24-17(18(25)14-6-4-3-5-7-14)12-16(23-24)13-8-10-15(11-9-13)19(20,21)22/h8-12,14,18,25H,2-7H2,1H3. The topological polar surface area (TPSA) is 38.0 Å². The van der Waals surface area contributed by atoms with Gasteiger partial charge in [-0.3, -0.25) is 4.68 Å². The van der Waals surface area contributed by atoms with Gasteiger partial charge in [0.2, 0.25) is 0 Å². The second-order valence-electron chi connectivity index (χ2n) is 6.69. The van der Waals surface area contributed by atoms with E-state index >= 15 is 0 Å². The lowest BCUT2D eigenvalue weighted by Gasteiger charge is -2.26. The van der Waals surface area contributed by atoms with Crippen LogP contribution in [0.25, 0.3) is 11.3 Å². The van der Waals surface area contributed by atoms with Crippen molar-refractivity contribution in [1.82, 2.24) is 9.78 Å². The van der Waals surface area contributed by atoms with Crippen LogP contribution in [0.1, 0.15) is 56.4 Å². The Kier molecular flexibility index (Phi) is 5.18. The molecule has 0 aliphatic heterocycles. The number of halogens is 3. The molecule has 1 unspecified atom stereocenters. The highest BCUT2D eigenvalue weighted by Gasteiger charge is 2.30. The smallest absolute Gasteiger partial charge is 0.387 e. The average Bonchev–Trinajstić information content (AvgIpc) is 3.05. The number of aromatic nitrogens is 2. The van der Waals surface area contributed by atoms with E-state index in [-0.39, 0.29) is 5.92 Å². The predicted octanol–water partition coefficient (Wildman–Crippen LogP) is 5.20. The highest BCUT2D eigenvalue weighted by atomic mass is 19.4.